The first-order valence-corrected chi connectivity index (χ1v) is 14.6. The van der Waals surface area contributed by atoms with Gasteiger partial charge in [-0.2, -0.15) is 0 Å². The summed E-state index contributed by atoms with van der Waals surface area (Å²) in [7, 11) is -1.65. The molecule has 1 spiro atoms. The molecular weight excluding hydrogens is 544 g/mol. The number of anilines is 1. The van der Waals surface area contributed by atoms with Crippen LogP contribution in [0.25, 0.3) is 0 Å². The number of carbonyl (C=O) groups excluding carboxylic acids is 3. The van der Waals surface area contributed by atoms with E-state index in [-0.39, 0.29) is 46.9 Å². The Balaban J connectivity index is 1.05. The number of hydrogen-bond acceptors (Lipinski definition) is 7. The van der Waals surface area contributed by atoms with E-state index < -0.39 is 10.8 Å². The lowest BCUT2D eigenvalue weighted by Crippen LogP contribution is -2.68. The average molecular weight is 573 g/mol. The van der Waals surface area contributed by atoms with Gasteiger partial charge >= 0.3 is 0 Å². The molecule has 3 fully saturated rings. The molecule has 1 unspecified atom stereocenters. The number of fused-ring (bicyclic) bond motifs is 1. The second-order valence-corrected chi connectivity index (χ2v) is 12.4. The fourth-order valence-corrected chi connectivity index (χ4v) is 7.24. The lowest BCUT2D eigenvalue weighted by molar-refractivity contribution is -0.137. The maximum atomic E-state index is 13.3. The van der Waals surface area contributed by atoms with Gasteiger partial charge in [-0.1, -0.05) is 11.6 Å². The molecule has 4 aliphatic heterocycles. The average Bonchev–Trinajstić information content (AvgIpc) is 3.53. The first-order chi connectivity index (χ1) is 18.7. The van der Waals surface area contributed by atoms with Crippen molar-refractivity contribution in [2.45, 2.75) is 36.2 Å². The molecule has 4 heterocycles. The van der Waals surface area contributed by atoms with Crippen LogP contribution >= 0.6 is 11.6 Å². The Morgan fingerprint density at radius 3 is 2.62 bits per heavy atom. The maximum absolute atomic E-state index is 13.3. The Hall–Kier alpha value is -3.31. The number of carbonyl (C=O) groups is 3. The molecule has 6 rings (SSSR count). The molecule has 0 aliphatic carbocycles. The number of hydrogen-bond donors (Lipinski definition) is 1. The lowest BCUT2D eigenvalue weighted by Gasteiger charge is -2.47. The Morgan fingerprint density at radius 1 is 1.10 bits per heavy atom. The van der Waals surface area contributed by atoms with Gasteiger partial charge in [0.25, 0.3) is 5.91 Å². The number of nitrogens with zero attached hydrogens (tertiary/aromatic N) is 3. The van der Waals surface area contributed by atoms with E-state index in [1.165, 1.54) is 6.07 Å². The number of piperazine rings is 1. The fourth-order valence-electron chi connectivity index (χ4n) is 5.74. The summed E-state index contributed by atoms with van der Waals surface area (Å²) in [6, 6.07) is 10.7. The van der Waals surface area contributed by atoms with Crippen molar-refractivity contribution in [3.8, 4) is 11.5 Å². The molecule has 39 heavy (non-hydrogen) atoms. The number of amides is 3. The first kappa shape index (κ1) is 25.9. The summed E-state index contributed by atoms with van der Waals surface area (Å²) in [5.41, 5.74) is 1.11. The standard InChI is InChI=1S/C27H29ClN4O6S/c1-17-12-30(8-9-32(17)19-3-4-21-22(11-19)38-16-37-21)26(35)18-2-5-23(20(28)10-18)39(36)13-25(34)31-14-27(15-31)7-6-24(33)29-27/h2-5,10-11,17H,6-9,12-16H2,1H3,(H,29,33)/t17-,39?/m1/s1. The zero-order chi connectivity index (χ0) is 27.3. The number of ether oxygens (including phenoxy) is 2. The van der Waals surface area contributed by atoms with Gasteiger partial charge in [0.1, 0.15) is 5.75 Å². The topological polar surface area (TPSA) is 108 Å². The van der Waals surface area contributed by atoms with E-state index in [0.717, 1.165) is 17.2 Å². The van der Waals surface area contributed by atoms with Gasteiger partial charge in [-0.15, -0.1) is 0 Å². The Kier molecular flexibility index (Phi) is 6.66. The second-order valence-electron chi connectivity index (χ2n) is 10.5. The van der Waals surface area contributed by atoms with Crippen LogP contribution in [0, 0.1) is 0 Å². The van der Waals surface area contributed by atoms with Crippen LogP contribution in [0.2, 0.25) is 5.02 Å². The molecule has 3 amide bonds. The summed E-state index contributed by atoms with van der Waals surface area (Å²) in [5.74, 6) is 0.879. The van der Waals surface area contributed by atoms with E-state index in [4.69, 9.17) is 21.1 Å². The molecule has 0 aromatic heterocycles. The van der Waals surface area contributed by atoms with E-state index in [1.807, 2.05) is 18.2 Å². The van der Waals surface area contributed by atoms with Crippen LogP contribution in [-0.2, 0) is 20.4 Å². The Morgan fingerprint density at radius 2 is 1.90 bits per heavy atom. The van der Waals surface area contributed by atoms with E-state index in [2.05, 4.69) is 17.1 Å². The van der Waals surface area contributed by atoms with E-state index in [0.29, 0.717) is 56.0 Å². The van der Waals surface area contributed by atoms with Crippen LogP contribution in [0.3, 0.4) is 0 Å². The third kappa shape index (κ3) is 4.93. The van der Waals surface area contributed by atoms with Crippen LogP contribution in [-0.4, -0.2) is 88.6 Å². The van der Waals surface area contributed by atoms with Crippen LogP contribution in [0.5, 0.6) is 11.5 Å². The van der Waals surface area contributed by atoms with Crippen molar-refractivity contribution in [3.05, 3.63) is 47.0 Å². The van der Waals surface area contributed by atoms with E-state index >= 15 is 0 Å². The maximum Gasteiger partial charge on any atom is 0.254 e. The molecule has 2 aromatic rings. The van der Waals surface area contributed by atoms with Gasteiger partial charge < -0.3 is 29.5 Å². The summed E-state index contributed by atoms with van der Waals surface area (Å²) >= 11 is 6.44. The van der Waals surface area contributed by atoms with Crippen LogP contribution in [0.1, 0.15) is 30.1 Å². The molecule has 1 N–H and O–H groups in total. The molecule has 206 valence electrons. The number of halogens is 1. The van der Waals surface area contributed by atoms with Crippen molar-refractivity contribution >= 4 is 45.8 Å². The Labute approximate surface area is 233 Å². The van der Waals surface area contributed by atoms with Gasteiger partial charge in [0.2, 0.25) is 18.6 Å². The quantitative estimate of drug-likeness (QED) is 0.584. The van der Waals surface area contributed by atoms with Crippen LogP contribution < -0.4 is 19.7 Å². The molecule has 0 saturated carbocycles. The highest BCUT2D eigenvalue weighted by Gasteiger charge is 2.49. The van der Waals surface area contributed by atoms with E-state index in [9.17, 15) is 18.6 Å². The molecule has 0 bridgehead atoms. The number of nitrogens with one attached hydrogen (secondary N) is 1. The minimum absolute atomic E-state index is 0.00753. The summed E-state index contributed by atoms with van der Waals surface area (Å²) in [6.07, 6.45) is 1.19. The zero-order valence-corrected chi connectivity index (χ0v) is 23.1. The summed E-state index contributed by atoms with van der Waals surface area (Å²) in [6.45, 7) is 4.90. The molecule has 2 atom stereocenters. The number of benzene rings is 2. The smallest absolute Gasteiger partial charge is 0.254 e. The largest absolute Gasteiger partial charge is 0.454 e. The van der Waals surface area contributed by atoms with Crippen molar-refractivity contribution in [3.63, 3.8) is 0 Å². The van der Waals surface area contributed by atoms with Crippen molar-refractivity contribution in [2.75, 3.05) is 50.2 Å². The zero-order valence-electron chi connectivity index (χ0n) is 21.5. The highest BCUT2D eigenvalue weighted by atomic mass is 35.5. The minimum Gasteiger partial charge on any atom is -0.454 e. The normalized spacial score (nSPS) is 22.1. The van der Waals surface area contributed by atoms with Crippen LogP contribution in [0.15, 0.2) is 41.3 Å². The van der Waals surface area contributed by atoms with Gasteiger partial charge in [0.05, 0.1) is 26.3 Å². The highest BCUT2D eigenvalue weighted by molar-refractivity contribution is 7.85. The lowest BCUT2D eigenvalue weighted by atomic mass is 9.88. The van der Waals surface area contributed by atoms with E-state index in [1.54, 1.807) is 21.9 Å². The van der Waals surface area contributed by atoms with Crippen molar-refractivity contribution in [2.24, 2.45) is 0 Å². The molecule has 2 aromatic carbocycles. The third-order valence-electron chi connectivity index (χ3n) is 7.86. The van der Waals surface area contributed by atoms with Gasteiger partial charge in [-0.3, -0.25) is 18.6 Å². The molecule has 4 aliphatic rings. The molecule has 0 radical (unpaired) electrons. The monoisotopic (exact) mass is 572 g/mol. The number of rotatable bonds is 5. The molecule has 3 saturated heterocycles. The summed E-state index contributed by atoms with van der Waals surface area (Å²) in [5, 5.41) is 3.13. The predicted octanol–water partition coefficient (Wildman–Crippen LogP) is 2.02. The highest BCUT2D eigenvalue weighted by Crippen LogP contribution is 2.36. The molecular formula is C27H29ClN4O6S. The van der Waals surface area contributed by atoms with Gasteiger partial charge in [0, 0.05) is 62.5 Å². The van der Waals surface area contributed by atoms with Crippen LogP contribution in [0.4, 0.5) is 5.69 Å². The predicted molar refractivity (Wildman–Crippen MR) is 145 cm³/mol. The summed E-state index contributed by atoms with van der Waals surface area (Å²) < 4.78 is 23.8. The molecule has 12 heteroatoms. The fraction of sp³-hybridized carbons (Fsp3) is 0.444. The molecule has 10 nitrogen and oxygen atoms in total. The third-order valence-corrected chi connectivity index (χ3v) is 9.64. The minimum atomic E-state index is -1.65. The van der Waals surface area contributed by atoms with Crippen molar-refractivity contribution in [1.29, 1.82) is 0 Å². The van der Waals surface area contributed by atoms with Gasteiger partial charge in [-0.05, 0) is 43.7 Å². The second kappa shape index (κ2) is 10.0. The first-order valence-electron chi connectivity index (χ1n) is 12.9. The summed E-state index contributed by atoms with van der Waals surface area (Å²) in [4.78, 5) is 43.4. The van der Waals surface area contributed by atoms with Crippen molar-refractivity contribution < 1.29 is 28.1 Å². The Bertz CT molecular complexity index is 1380. The van der Waals surface area contributed by atoms with Gasteiger partial charge in [-0.25, -0.2) is 0 Å². The number of likely N-dealkylation sites (tertiary alicyclic amines) is 1. The SMILES string of the molecule is C[C@@H]1CN(C(=O)c2ccc(S(=O)CC(=O)N3CC4(CCC(=O)N4)C3)c(Cl)c2)CCN1c1ccc2c(c1)OCO2. The van der Waals surface area contributed by atoms with Crippen molar-refractivity contribution in [1.82, 2.24) is 15.1 Å². The van der Waals surface area contributed by atoms with Gasteiger partial charge in [0.15, 0.2) is 11.5 Å².